The van der Waals surface area contributed by atoms with Crippen molar-refractivity contribution in [2.45, 2.75) is 77.7 Å². The van der Waals surface area contributed by atoms with Crippen molar-refractivity contribution >= 4 is 0 Å². The molecule has 0 saturated heterocycles. The van der Waals surface area contributed by atoms with Gasteiger partial charge in [0.15, 0.2) is 0 Å². The zero-order valence-electron chi connectivity index (χ0n) is 10.0. The van der Waals surface area contributed by atoms with Crippen molar-refractivity contribution in [1.29, 1.82) is 0 Å². The molecule has 0 N–H and O–H groups in total. The normalized spacial score (nSPS) is 11.6. The fourth-order valence-corrected chi connectivity index (χ4v) is 1.84. The number of unbranched alkanes of at least 4 members (excludes halogenated alkanes) is 4. The van der Waals surface area contributed by atoms with Gasteiger partial charge < -0.3 is 0 Å². The van der Waals surface area contributed by atoms with E-state index in [4.69, 9.17) is 0 Å². The van der Waals surface area contributed by atoms with E-state index in [1.807, 2.05) is 0 Å². The zero-order chi connectivity index (χ0) is 10.9. The van der Waals surface area contributed by atoms with Gasteiger partial charge in [0, 0.05) is 0 Å². The predicted molar refractivity (Wildman–Crippen MR) is 62.5 cm³/mol. The van der Waals surface area contributed by atoms with E-state index in [2.05, 4.69) is 25.9 Å². The van der Waals surface area contributed by atoms with Crippen LogP contribution in [0.3, 0.4) is 0 Å². The number of nitroso groups, excluding NO2 is 1. The molecule has 0 spiro atoms. The highest BCUT2D eigenvalue weighted by molar-refractivity contribution is 4.84. The molecule has 0 unspecified atom stereocenters. The summed E-state index contributed by atoms with van der Waals surface area (Å²) >= 11 is 0. The van der Waals surface area contributed by atoms with Gasteiger partial charge >= 0.3 is 0 Å². The minimum Gasteiger partial charge on any atom is -0.150 e. The minimum absolute atomic E-state index is 0.258. The van der Waals surface area contributed by atoms with Crippen molar-refractivity contribution in [3.63, 3.8) is 0 Å². The topological polar surface area (TPSA) is 29.4 Å². The van der Waals surface area contributed by atoms with Crippen molar-refractivity contribution in [1.82, 2.24) is 0 Å². The summed E-state index contributed by atoms with van der Waals surface area (Å²) in [4.78, 5) is 10.8. The van der Waals surface area contributed by atoms with Gasteiger partial charge in [0.05, 0.1) is 0 Å². The van der Waals surface area contributed by atoms with Crippen LogP contribution < -0.4 is 0 Å². The van der Waals surface area contributed by atoms with E-state index in [-0.39, 0.29) is 5.54 Å². The Labute approximate surface area is 88.4 Å². The van der Waals surface area contributed by atoms with Gasteiger partial charge in [-0.3, -0.25) is 0 Å². The van der Waals surface area contributed by atoms with E-state index in [9.17, 15) is 4.91 Å². The van der Waals surface area contributed by atoms with Gasteiger partial charge in [-0.2, -0.15) is 4.91 Å². The Morgan fingerprint density at radius 3 is 1.93 bits per heavy atom. The third-order valence-electron chi connectivity index (χ3n) is 3.26. The van der Waals surface area contributed by atoms with Crippen molar-refractivity contribution in [3.05, 3.63) is 4.91 Å². The molecule has 0 aliphatic carbocycles. The van der Waals surface area contributed by atoms with Gasteiger partial charge in [-0.25, -0.2) is 0 Å². The maximum atomic E-state index is 10.8. The summed E-state index contributed by atoms with van der Waals surface area (Å²) < 4.78 is 0. The van der Waals surface area contributed by atoms with Crippen molar-refractivity contribution in [2.75, 3.05) is 0 Å². The monoisotopic (exact) mass is 199 g/mol. The third kappa shape index (κ3) is 4.73. The summed E-state index contributed by atoms with van der Waals surface area (Å²) in [6.07, 6.45) is 9.07. The van der Waals surface area contributed by atoms with Crippen molar-refractivity contribution in [3.8, 4) is 0 Å². The second-order valence-electron chi connectivity index (χ2n) is 4.19. The number of rotatable bonds is 9. The lowest BCUT2D eigenvalue weighted by molar-refractivity contribution is 0.350. The summed E-state index contributed by atoms with van der Waals surface area (Å²) in [5, 5.41) is 3.32. The lowest BCUT2D eigenvalue weighted by atomic mass is 9.88. The highest BCUT2D eigenvalue weighted by atomic mass is 16.3. The fraction of sp³-hybridized carbons (Fsp3) is 1.00. The second kappa shape index (κ2) is 7.95. The molecular formula is C12H25NO. The average Bonchev–Trinajstić information content (AvgIpc) is 2.24. The van der Waals surface area contributed by atoms with Crippen LogP contribution in [0.4, 0.5) is 0 Å². The van der Waals surface area contributed by atoms with Crippen LogP contribution in [0.2, 0.25) is 0 Å². The van der Waals surface area contributed by atoms with Gasteiger partial charge in [-0.1, -0.05) is 58.1 Å². The maximum absolute atomic E-state index is 10.8. The van der Waals surface area contributed by atoms with Crippen molar-refractivity contribution < 1.29 is 0 Å². The molecule has 0 fully saturated rings. The smallest absolute Gasteiger partial charge is 0.102 e. The Kier molecular flexibility index (Phi) is 7.73. The molecule has 0 atom stereocenters. The summed E-state index contributed by atoms with van der Waals surface area (Å²) in [5.41, 5.74) is -0.258. The maximum Gasteiger partial charge on any atom is 0.102 e. The second-order valence-corrected chi connectivity index (χ2v) is 4.19. The molecule has 2 nitrogen and oxygen atoms in total. The molecule has 14 heavy (non-hydrogen) atoms. The van der Waals surface area contributed by atoms with Gasteiger partial charge in [-0.15, -0.1) is 0 Å². The predicted octanol–water partition coefficient (Wildman–Crippen LogP) is 4.67. The Balaban J connectivity index is 3.66. The first kappa shape index (κ1) is 13.6. The van der Waals surface area contributed by atoms with Crippen LogP contribution in [0.1, 0.15) is 72.1 Å². The van der Waals surface area contributed by atoms with Gasteiger partial charge in [0.25, 0.3) is 0 Å². The third-order valence-corrected chi connectivity index (χ3v) is 3.26. The quantitative estimate of drug-likeness (QED) is 0.392. The summed E-state index contributed by atoms with van der Waals surface area (Å²) in [6, 6.07) is 0. The molecule has 0 heterocycles. The molecule has 0 aliphatic rings. The van der Waals surface area contributed by atoms with E-state index < -0.39 is 0 Å². The Bertz CT molecular complexity index is 141. The molecule has 0 amide bonds. The molecule has 0 aromatic heterocycles. The Hall–Kier alpha value is -0.400. The van der Waals surface area contributed by atoms with E-state index in [1.54, 1.807) is 0 Å². The van der Waals surface area contributed by atoms with Crippen LogP contribution in [0.25, 0.3) is 0 Å². The lowest BCUT2D eigenvalue weighted by Crippen LogP contribution is -2.23. The molecule has 0 aliphatic heterocycles. The zero-order valence-corrected chi connectivity index (χ0v) is 10.0. The molecule has 84 valence electrons. The first-order valence-electron chi connectivity index (χ1n) is 6.09. The summed E-state index contributed by atoms with van der Waals surface area (Å²) in [5.74, 6) is 0. The molecule has 2 heteroatoms. The summed E-state index contributed by atoms with van der Waals surface area (Å²) in [6.45, 7) is 6.35. The number of hydrogen-bond acceptors (Lipinski definition) is 2. The highest BCUT2D eigenvalue weighted by Gasteiger charge is 2.26. The Morgan fingerprint density at radius 2 is 1.50 bits per heavy atom. The van der Waals surface area contributed by atoms with E-state index >= 15 is 0 Å². The number of nitrogens with zero attached hydrogens (tertiary/aromatic N) is 1. The molecule has 0 saturated carbocycles. The van der Waals surface area contributed by atoms with Crippen LogP contribution in [0.15, 0.2) is 5.18 Å². The SMILES string of the molecule is CCCCCCCC(CC)(CC)N=O. The van der Waals surface area contributed by atoms with Crippen LogP contribution in [-0.4, -0.2) is 5.54 Å². The average molecular weight is 199 g/mol. The van der Waals surface area contributed by atoms with Crippen LogP contribution in [-0.2, 0) is 0 Å². The van der Waals surface area contributed by atoms with Crippen LogP contribution >= 0.6 is 0 Å². The molecule has 0 radical (unpaired) electrons. The number of hydrogen-bond donors (Lipinski definition) is 0. The molecule has 0 bridgehead atoms. The first-order valence-corrected chi connectivity index (χ1v) is 6.09. The van der Waals surface area contributed by atoms with E-state index in [1.165, 1.54) is 25.7 Å². The van der Waals surface area contributed by atoms with Gasteiger partial charge in [0.1, 0.15) is 5.54 Å². The molecule has 0 aromatic carbocycles. The van der Waals surface area contributed by atoms with E-state index in [0.717, 1.165) is 25.7 Å². The van der Waals surface area contributed by atoms with E-state index in [0.29, 0.717) is 0 Å². The molecular weight excluding hydrogens is 174 g/mol. The Morgan fingerprint density at radius 1 is 0.929 bits per heavy atom. The first-order chi connectivity index (χ1) is 6.74. The minimum atomic E-state index is -0.258. The van der Waals surface area contributed by atoms with Gasteiger partial charge in [-0.05, 0) is 19.3 Å². The van der Waals surface area contributed by atoms with Crippen LogP contribution in [0.5, 0.6) is 0 Å². The highest BCUT2D eigenvalue weighted by Crippen LogP contribution is 2.27. The summed E-state index contributed by atoms with van der Waals surface area (Å²) in [7, 11) is 0. The lowest BCUT2D eigenvalue weighted by Gasteiger charge is -2.22. The van der Waals surface area contributed by atoms with Crippen LogP contribution in [0, 0.1) is 4.91 Å². The fourth-order valence-electron chi connectivity index (χ4n) is 1.84. The standard InChI is InChI=1S/C12H25NO/c1-4-7-8-9-10-11-12(5-2,6-3)13-14/h4-11H2,1-3H3. The molecule has 0 rings (SSSR count). The largest absolute Gasteiger partial charge is 0.150 e. The molecule has 0 aromatic rings. The van der Waals surface area contributed by atoms with Crippen molar-refractivity contribution in [2.24, 2.45) is 5.18 Å². The van der Waals surface area contributed by atoms with Gasteiger partial charge in [0.2, 0.25) is 0 Å².